The molecule has 0 aromatic rings. The zero-order chi connectivity index (χ0) is 10.0. The number of rotatable bonds is 1. The van der Waals surface area contributed by atoms with Gasteiger partial charge in [-0.25, -0.2) is 0 Å². The monoisotopic (exact) mass is 233 g/mol. The Labute approximate surface area is 92.7 Å². The molecule has 2 saturated heterocycles. The summed E-state index contributed by atoms with van der Waals surface area (Å²) in [5, 5.41) is 3.25. The molecule has 2 heterocycles. The number of esters is 1. The summed E-state index contributed by atoms with van der Waals surface area (Å²) in [4.78, 5) is 11.3. The molecular formula is C9H15NO2S2. The quantitative estimate of drug-likeness (QED) is 0.686. The summed E-state index contributed by atoms with van der Waals surface area (Å²) in [6.45, 7) is 0.933. The fourth-order valence-corrected chi connectivity index (χ4v) is 5.16. The van der Waals surface area contributed by atoms with Crippen molar-refractivity contribution in [1.29, 1.82) is 0 Å². The van der Waals surface area contributed by atoms with Crippen molar-refractivity contribution in [3.05, 3.63) is 0 Å². The third kappa shape index (κ3) is 2.04. The van der Waals surface area contributed by atoms with Crippen molar-refractivity contribution < 1.29 is 9.53 Å². The first-order valence-corrected chi connectivity index (χ1v) is 6.82. The van der Waals surface area contributed by atoms with Gasteiger partial charge in [0.25, 0.3) is 0 Å². The van der Waals surface area contributed by atoms with Crippen molar-refractivity contribution >= 4 is 29.5 Å². The van der Waals surface area contributed by atoms with Crippen molar-refractivity contribution in [3.63, 3.8) is 0 Å². The molecule has 2 rings (SSSR count). The van der Waals surface area contributed by atoms with E-state index in [0.717, 1.165) is 13.0 Å². The molecule has 0 amide bonds. The minimum atomic E-state index is -0.117. The van der Waals surface area contributed by atoms with Gasteiger partial charge in [-0.05, 0) is 24.3 Å². The maximum Gasteiger partial charge on any atom is 0.322 e. The highest BCUT2D eigenvalue weighted by molar-refractivity contribution is 8.18. The Morgan fingerprint density at radius 1 is 1.50 bits per heavy atom. The van der Waals surface area contributed by atoms with Crippen LogP contribution in [0.1, 0.15) is 12.8 Å². The predicted octanol–water partition coefficient (Wildman–Crippen LogP) is 1.09. The molecule has 0 bridgehead atoms. The maximum atomic E-state index is 11.3. The van der Waals surface area contributed by atoms with Crippen LogP contribution in [0.3, 0.4) is 0 Å². The first-order valence-electron chi connectivity index (χ1n) is 4.85. The number of ether oxygens (including phenoxy) is 1. The highest BCUT2D eigenvalue weighted by Crippen LogP contribution is 2.47. The minimum Gasteiger partial charge on any atom is -0.468 e. The van der Waals surface area contributed by atoms with E-state index in [1.54, 1.807) is 0 Å². The molecule has 80 valence electrons. The molecule has 0 aromatic heterocycles. The summed E-state index contributed by atoms with van der Waals surface area (Å²) in [6, 6.07) is -0.0851. The Morgan fingerprint density at radius 3 is 2.86 bits per heavy atom. The lowest BCUT2D eigenvalue weighted by Gasteiger charge is -2.31. The van der Waals surface area contributed by atoms with E-state index >= 15 is 0 Å². The van der Waals surface area contributed by atoms with Crippen LogP contribution >= 0.6 is 23.5 Å². The third-order valence-electron chi connectivity index (χ3n) is 2.64. The molecule has 2 aliphatic heterocycles. The van der Waals surface area contributed by atoms with Crippen LogP contribution in [-0.2, 0) is 9.53 Å². The Kier molecular flexibility index (Phi) is 3.29. The zero-order valence-electron chi connectivity index (χ0n) is 8.25. The molecule has 0 radical (unpaired) electrons. The molecule has 1 atom stereocenters. The second-order valence-corrected chi connectivity index (χ2v) is 6.84. The van der Waals surface area contributed by atoms with Crippen LogP contribution in [0.25, 0.3) is 0 Å². The number of carbonyl (C=O) groups is 1. The topological polar surface area (TPSA) is 38.3 Å². The zero-order valence-corrected chi connectivity index (χ0v) is 9.88. The van der Waals surface area contributed by atoms with E-state index in [2.05, 4.69) is 5.32 Å². The van der Waals surface area contributed by atoms with Crippen molar-refractivity contribution in [2.75, 3.05) is 25.2 Å². The van der Waals surface area contributed by atoms with Gasteiger partial charge >= 0.3 is 5.97 Å². The predicted molar refractivity (Wildman–Crippen MR) is 60.7 cm³/mol. The van der Waals surface area contributed by atoms with Gasteiger partial charge < -0.3 is 10.1 Å². The van der Waals surface area contributed by atoms with Gasteiger partial charge in [-0.3, -0.25) is 4.79 Å². The van der Waals surface area contributed by atoms with Gasteiger partial charge in [0.2, 0.25) is 0 Å². The van der Waals surface area contributed by atoms with Crippen LogP contribution in [0, 0.1) is 0 Å². The number of carbonyl (C=O) groups excluding carboxylic acids is 1. The summed E-state index contributed by atoms with van der Waals surface area (Å²) >= 11 is 3.99. The lowest BCUT2D eigenvalue weighted by atomic mass is 10.2. The summed E-state index contributed by atoms with van der Waals surface area (Å²) in [5.41, 5.74) is 0. The standard InChI is InChI=1S/C9H15NO2S2/c1-12-8(11)7-5-9(6-10-7)13-3-2-4-14-9/h7,10H,2-6H2,1H3. The molecule has 5 heteroatoms. The molecule has 0 aromatic carbocycles. The van der Waals surface area contributed by atoms with Gasteiger partial charge in [0.15, 0.2) is 0 Å². The van der Waals surface area contributed by atoms with Crippen LogP contribution in [-0.4, -0.2) is 41.3 Å². The fourth-order valence-electron chi connectivity index (χ4n) is 1.88. The van der Waals surface area contributed by atoms with Gasteiger partial charge in [0, 0.05) is 6.54 Å². The van der Waals surface area contributed by atoms with E-state index in [1.807, 2.05) is 23.5 Å². The summed E-state index contributed by atoms with van der Waals surface area (Å²) in [7, 11) is 1.45. The van der Waals surface area contributed by atoms with Crippen LogP contribution in [0.15, 0.2) is 0 Å². The summed E-state index contributed by atoms with van der Waals surface area (Å²) in [6.07, 6.45) is 2.20. The summed E-state index contributed by atoms with van der Waals surface area (Å²) in [5.74, 6) is 2.33. The van der Waals surface area contributed by atoms with Gasteiger partial charge in [-0.2, -0.15) is 0 Å². The van der Waals surface area contributed by atoms with Crippen LogP contribution < -0.4 is 5.32 Å². The fraction of sp³-hybridized carbons (Fsp3) is 0.889. The lowest BCUT2D eigenvalue weighted by molar-refractivity contribution is -0.142. The van der Waals surface area contributed by atoms with Crippen molar-refractivity contribution in [2.45, 2.75) is 23.0 Å². The van der Waals surface area contributed by atoms with E-state index in [-0.39, 0.29) is 16.1 Å². The Hall–Kier alpha value is 0.130. The molecular weight excluding hydrogens is 218 g/mol. The highest BCUT2D eigenvalue weighted by Gasteiger charge is 2.44. The molecule has 2 aliphatic rings. The molecule has 0 aliphatic carbocycles. The van der Waals surface area contributed by atoms with Crippen molar-refractivity contribution in [2.24, 2.45) is 0 Å². The van der Waals surface area contributed by atoms with E-state index in [9.17, 15) is 4.79 Å². The normalized spacial score (nSPS) is 30.5. The second kappa shape index (κ2) is 4.33. The van der Waals surface area contributed by atoms with Gasteiger partial charge in [0.1, 0.15) is 6.04 Å². The number of nitrogens with one attached hydrogen (secondary N) is 1. The SMILES string of the molecule is COC(=O)C1CC2(CN1)SCCCS2. The van der Waals surface area contributed by atoms with E-state index < -0.39 is 0 Å². The first-order chi connectivity index (χ1) is 6.76. The molecule has 0 saturated carbocycles. The van der Waals surface area contributed by atoms with E-state index in [1.165, 1.54) is 25.0 Å². The van der Waals surface area contributed by atoms with Crippen LogP contribution in [0.4, 0.5) is 0 Å². The van der Waals surface area contributed by atoms with Crippen molar-refractivity contribution in [1.82, 2.24) is 5.32 Å². The van der Waals surface area contributed by atoms with Crippen LogP contribution in [0.2, 0.25) is 0 Å². The molecule has 14 heavy (non-hydrogen) atoms. The third-order valence-corrected chi connectivity index (χ3v) is 6.00. The molecule has 1 N–H and O–H groups in total. The van der Waals surface area contributed by atoms with E-state index in [4.69, 9.17) is 4.74 Å². The Balaban J connectivity index is 1.95. The minimum absolute atomic E-state index is 0.0851. The number of hydrogen-bond acceptors (Lipinski definition) is 5. The van der Waals surface area contributed by atoms with Gasteiger partial charge in [-0.15, -0.1) is 23.5 Å². The number of hydrogen-bond donors (Lipinski definition) is 1. The Bertz CT molecular complexity index is 229. The second-order valence-electron chi connectivity index (χ2n) is 3.62. The average molecular weight is 233 g/mol. The number of methoxy groups -OCH3 is 1. The largest absolute Gasteiger partial charge is 0.468 e. The van der Waals surface area contributed by atoms with Gasteiger partial charge in [0.05, 0.1) is 11.2 Å². The number of thioether (sulfide) groups is 2. The Morgan fingerprint density at radius 2 is 2.21 bits per heavy atom. The summed E-state index contributed by atoms with van der Waals surface area (Å²) < 4.78 is 5.00. The molecule has 2 fully saturated rings. The average Bonchev–Trinajstić information content (AvgIpc) is 2.62. The van der Waals surface area contributed by atoms with E-state index in [0.29, 0.717) is 0 Å². The highest BCUT2D eigenvalue weighted by atomic mass is 32.2. The van der Waals surface area contributed by atoms with Gasteiger partial charge in [-0.1, -0.05) is 0 Å². The first kappa shape index (κ1) is 10.6. The smallest absolute Gasteiger partial charge is 0.322 e. The lowest BCUT2D eigenvalue weighted by Crippen LogP contribution is -2.31. The maximum absolute atomic E-state index is 11.3. The molecule has 1 spiro atoms. The van der Waals surface area contributed by atoms with Crippen molar-refractivity contribution in [3.8, 4) is 0 Å². The molecule has 3 nitrogen and oxygen atoms in total. The van der Waals surface area contributed by atoms with Crippen LogP contribution in [0.5, 0.6) is 0 Å². The molecule has 1 unspecified atom stereocenters.